The van der Waals surface area contributed by atoms with Crippen molar-refractivity contribution in [3.63, 3.8) is 0 Å². The molecule has 2 heterocycles. The predicted molar refractivity (Wildman–Crippen MR) is 97.9 cm³/mol. The summed E-state index contributed by atoms with van der Waals surface area (Å²) in [6.45, 7) is 2.52. The summed E-state index contributed by atoms with van der Waals surface area (Å²) in [5, 5.41) is 2.93. The molecule has 1 saturated heterocycles. The summed E-state index contributed by atoms with van der Waals surface area (Å²) < 4.78 is 17.1. The Morgan fingerprint density at radius 3 is 2.48 bits per heavy atom. The molecule has 1 amide bonds. The molecule has 25 heavy (non-hydrogen) atoms. The van der Waals surface area contributed by atoms with E-state index < -0.39 is 0 Å². The molecular formula is C18H27ClN2O4. The SMILES string of the molecule is CNCC(=O)N1CCC2(CC1)OCCc1cc(OC)c(OC)cc12.Cl. The van der Waals surface area contributed by atoms with E-state index in [1.165, 1.54) is 11.1 Å². The summed E-state index contributed by atoms with van der Waals surface area (Å²) in [6, 6.07) is 4.12. The van der Waals surface area contributed by atoms with Gasteiger partial charge >= 0.3 is 0 Å². The second kappa shape index (κ2) is 8.25. The first-order chi connectivity index (χ1) is 11.6. The van der Waals surface area contributed by atoms with Crippen molar-refractivity contribution in [2.75, 3.05) is 47.5 Å². The maximum Gasteiger partial charge on any atom is 0.236 e. The zero-order valence-corrected chi connectivity index (χ0v) is 15.9. The number of fused-ring (bicyclic) bond motifs is 2. The van der Waals surface area contributed by atoms with E-state index in [1.807, 2.05) is 4.90 Å². The molecule has 0 aromatic heterocycles. The van der Waals surface area contributed by atoms with Gasteiger partial charge in [0, 0.05) is 13.1 Å². The fourth-order valence-corrected chi connectivity index (χ4v) is 3.78. The molecule has 0 unspecified atom stereocenters. The van der Waals surface area contributed by atoms with Gasteiger partial charge in [-0.3, -0.25) is 4.79 Å². The lowest BCUT2D eigenvalue weighted by Gasteiger charge is -2.45. The molecule has 0 aliphatic carbocycles. The highest BCUT2D eigenvalue weighted by Gasteiger charge is 2.42. The molecule has 3 rings (SSSR count). The van der Waals surface area contributed by atoms with Crippen molar-refractivity contribution < 1.29 is 19.0 Å². The summed E-state index contributed by atoms with van der Waals surface area (Å²) in [4.78, 5) is 14.0. The van der Waals surface area contributed by atoms with Crippen molar-refractivity contribution in [1.29, 1.82) is 0 Å². The number of rotatable bonds is 4. The van der Waals surface area contributed by atoms with Crippen molar-refractivity contribution in [3.8, 4) is 11.5 Å². The number of hydrogen-bond donors (Lipinski definition) is 1. The first kappa shape index (κ1) is 19.8. The number of likely N-dealkylation sites (N-methyl/N-ethyl adjacent to an activating group) is 1. The molecule has 0 bridgehead atoms. The van der Waals surface area contributed by atoms with Crippen molar-refractivity contribution in [3.05, 3.63) is 23.3 Å². The van der Waals surface area contributed by atoms with Crippen LogP contribution in [0.5, 0.6) is 11.5 Å². The van der Waals surface area contributed by atoms with Gasteiger partial charge in [0.25, 0.3) is 0 Å². The third-order valence-corrected chi connectivity index (χ3v) is 5.10. The predicted octanol–water partition coefficient (Wildman–Crippen LogP) is 1.74. The average Bonchev–Trinajstić information content (AvgIpc) is 2.62. The molecule has 1 spiro atoms. The van der Waals surface area contributed by atoms with Crippen LogP contribution in [-0.4, -0.2) is 58.3 Å². The Kier molecular flexibility index (Phi) is 6.54. The molecule has 140 valence electrons. The number of methoxy groups -OCH3 is 2. The monoisotopic (exact) mass is 370 g/mol. The minimum Gasteiger partial charge on any atom is -0.493 e. The van der Waals surface area contributed by atoms with E-state index in [1.54, 1.807) is 21.3 Å². The highest BCUT2D eigenvalue weighted by Crippen LogP contribution is 2.45. The number of carbonyl (C=O) groups excluding carboxylic acids is 1. The lowest BCUT2D eigenvalue weighted by atomic mass is 9.79. The van der Waals surface area contributed by atoms with E-state index in [2.05, 4.69) is 17.4 Å². The molecule has 1 aromatic carbocycles. The number of carbonyl (C=O) groups is 1. The Morgan fingerprint density at radius 2 is 1.88 bits per heavy atom. The second-order valence-electron chi connectivity index (χ2n) is 6.37. The summed E-state index contributed by atoms with van der Waals surface area (Å²) in [7, 11) is 5.11. The van der Waals surface area contributed by atoms with Crippen LogP contribution in [0.15, 0.2) is 12.1 Å². The van der Waals surface area contributed by atoms with Gasteiger partial charge in [0.2, 0.25) is 5.91 Å². The Bertz CT molecular complexity index is 615. The first-order valence-corrected chi connectivity index (χ1v) is 8.45. The number of hydrogen-bond acceptors (Lipinski definition) is 5. The van der Waals surface area contributed by atoms with Crippen molar-refractivity contribution in [2.45, 2.75) is 24.9 Å². The minimum atomic E-state index is -0.316. The van der Waals surface area contributed by atoms with Crippen LogP contribution in [0.2, 0.25) is 0 Å². The van der Waals surface area contributed by atoms with Crippen LogP contribution in [0.25, 0.3) is 0 Å². The number of likely N-dealkylation sites (tertiary alicyclic amines) is 1. The standard InChI is InChI=1S/C18H26N2O4.ClH/c1-19-12-17(21)20-7-5-18(6-8-20)14-11-16(23-3)15(22-2)10-13(14)4-9-24-18;/h10-11,19H,4-9,12H2,1-3H3;1H. The smallest absolute Gasteiger partial charge is 0.236 e. The molecule has 1 N–H and O–H groups in total. The maximum atomic E-state index is 12.1. The largest absolute Gasteiger partial charge is 0.493 e. The van der Waals surface area contributed by atoms with E-state index in [4.69, 9.17) is 14.2 Å². The number of ether oxygens (including phenoxy) is 3. The number of piperidine rings is 1. The van der Waals surface area contributed by atoms with Crippen LogP contribution < -0.4 is 14.8 Å². The van der Waals surface area contributed by atoms with Crippen LogP contribution in [0.3, 0.4) is 0 Å². The number of nitrogens with zero attached hydrogens (tertiary/aromatic N) is 1. The topological polar surface area (TPSA) is 60.0 Å². The van der Waals surface area contributed by atoms with Gasteiger partial charge in [-0.25, -0.2) is 0 Å². The van der Waals surface area contributed by atoms with Crippen LogP contribution in [0, 0.1) is 0 Å². The first-order valence-electron chi connectivity index (χ1n) is 8.45. The lowest BCUT2D eigenvalue weighted by molar-refractivity contribution is -0.139. The highest BCUT2D eigenvalue weighted by atomic mass is 35.5. The molecule has 1 aromatic rings. The Hall–Kier alpha value is -1.50. The molecule has 2 aliphatic heterocycles. The zero-order valence-electron chi connectivity index (χ0n) is 15.1. The van der Waals surface area contributed by atoms with Crippen LogP contribution >= 0.6 is 12.4 Å². The third-order valence-electron chi connectivity index (χ3n) is 5.10. The Labute approximate surface area is 155 Å². The van der Waals surface area contributed by atoms with E-state index >= 15 is 0 Å². The molecule has 2 aliphatic rings. The van der Waals surface area contributed by atoms with E-state index in [0.29, 0.717) is 26.2 Å². The van der Waals surface area contributed by atoms with E-state index in [-0.39, 0.29) is 23.9 Å². The number of halogens is 1. The Balaban J connectivity index is 0.00000225. The molecule has 1 fully saturated rings. The van der Waals surface area contributed by atoms with Gasteiger partial charge in [-0.1, -0.05) is 0 Å². The van der Waals surface area contributed by atoms with Gasteiger partial charge in [0.15, 0.2) is 11.5 Å². The number of nitrogens with one attached hydrogen (secondary N) is 1. The third kappa shape index (κ3) is 3.71. The number of amides is 1. The van der Waals surface area contributed by atoms with Gasteiger partial charge in [-0.05, 0) is 49.6 Å². The van der Waals surface area contributed by atoms with Crippen molar-refractivity contribution in [1.82, 2.24) is 10.2 Å². The molecule has 7 heteroatoms. The van der Waals surface area contributed by atoms with Crippen LogP contribution in [0.4, 0.5) is 0 Å². The van der Waals surface area contributed by atoms with Crippen LogP contribution in [0.1, 0.15) is 24.0 Å². The average molecular weight is 371 g/mol. The Morgan fingerprint density at radius 1 is 1.24 bits per heavy atom. The molecule has 0 radical (unpaired) electrons. The molecular weight excluding hydrogens is 344 g/mol. The highest BCUT2D eigenvalue weighted by molar-refractivity contribution is 5.85. The maximum absolute atomic E-state index is 12.1. The number of benzene rings is 1. The van der Waals surface area contributed by atoms with Gasteiger partial charge in [-0.2, -0.15) is 0 Å². The van der Waals surface area contributed by atoms with Crippen molar-refractivity contribution in [2.24, 2.45) is 0 Å². The quantitative estimate of drug-likeness (QED) is 0.874. The van der Waals surface area contributed by atoms with Crippen molar-refractivity contribution >= 4 is 18.3 Å². The molecule has 0 atom stereocenters. The van der Waals surface area contributed by atoms with Gasteiger partial charge < -0.3 is 24.4 Å². The summed E-state index contributed by atoms with van der Waals surface area (Å²) in [5.41, 5.74) is 2.13. The summed E-state index contributed by atoms with van der Waals surface area (Å²) >= 11 is 0. The normalized spacial score (nSPS) is 18.3. The van der Waals surface area contributed by atoms with Gasteiger partial charge in [-0.15, -0.1) is 12.4 Å². The molecule has 6 nitrogen and oxygen atoms in total. The summed E-state index contributed by atoms with van der Waals surface area (Å²) in [6.07, 6.45) is 2.50. The fourth-order valence-electron chi connectivity index (χ4n) is 3.78. The second-order valence-corrected chi connectivity index (χ2v) is 6.37. The fraction of sp³-hybridized carbons (Fsp3) is 0.611. The minimum absolute atomic E-state index is 0. The van der Waals surface area contributed by atoms with Gasteiger partial charge in [0.05, 0.1) is 33.0 Å². The zero-order chi connectivity index (χ0) is 17.2. The lowest BCUT2D eigenvalue weighted by Crippen LogP contribution is -2.49. The summed E-state index contributed by atoms with van der Waals surface area (Å²) in [5.74, 6) is 1.64. The van der Waals surface area contributed by atoms with Gasteiger partial charge in [0.1, 0.15) is 0 Å². The molecule has 0 saturated carbocycles. The van der Waals surface area contributed by atoms with Crippen LogP contribution in [-0.2, 0) is 21.6 Å². The van der Waals surface area contributed by atoms with E-state index in [9.17, 15) is 4.79 Å². The van der Waals surface area contributed by atoms with E-state index in [0.717, 1.165) is 30.8 Å².